The van der Waals surface area contributed by atoms with Gasteiger partial charge in [-0.05, 0) is 50.6 Å². The molecule has 1 aromatic heterocycles. The molecule has 3 aromatic rings. The molecular formula is C30H40Cl4N2O. The predicted octanol–water partition coefficient (Wildman–Crippen LogP) is 10.0. The SMILES string of the molecule is CC(C)(C)c1cccc(CO)c1Cl.CC(C)(C)c1cccc(Cl)c1Cl.CC(C)(C)c1ccnc(N)c1Cl. The standard InChI is InChI=1S/C11H15ClO.C10H12Cl2.C9H13ClN2/c1-11(2,3)9-6-4-5-8(7-13)10(9)12;1-10(2,3)7-5-4-6-8(11)9(7)12;1-9(2,3)6-4-5-12-8(11)7(6)10/h4-6,13H,7H2,1-3H3;4-6H,1-3H3;4-5H,1-3H3,(H2,11,12). The van der Waals surface area contributed by atoms with Crippen LogP contribution in [0.5, 0.6) is 0 Å². The van der Waals surface area contributed by atoms with Crippen LogP contribution < -0.4 is 5.73 Å². The molecule has 3 rings (SSSR count). The van der Waals surface area contributed by atoms with Gasteiger partial charge in [-0.3, -0.25) is 0 Å². The number of benzene rings is 2. The molecule has 7 heteroatoms. The Morgan fingerprint density at radius 1 is 0.649 bits per heavy atom. The van der Waals surface area contributed by atoms with E-state index in [-0.39, 0.29) is 22.9 Å². The molecule has 0 unspecified atom stereocenters. The summed E-state index contributed by atoms with van der Waals surface area (Å²) in [6, 6.07) is 13.4. The van der Waals surface area contributed by atoms with E-state index >= 15 is 0 Å². The average Bonchev–Trinajstić information content (AvgIpc) is 2.76. The monoisotopic (exact) mass is 584 g/mol. The smallest absolute Gasteiger partial charge is 0.142 e. The summed E-state index contributed by atoms with van der Waals surface area (Å²) in [7, 11) is 0. The van der Waals surface area contributed by atoms with Gasteiger partial charge in [0.2, 0.25) is 0 Å². The molecule has 204 valence electrons. The molecule has 37 heavy (non-hydrogen) atoms. The van der Waals surface area contributed by atoms with Crippen molar-refractivity contribution in [2.24, 2.45) is 0 Å². The average molecular weight is 586 g/mol. The van der Waals surface area contributed by atoms with Crippen molar-refractivity contribution in [2.45, 2.75) is 85.2 Å². The van der Waals surface area contributed by atoms with E-state index in [1.165, 1.54) is 0 Å². The van der Waals surface area contributed by atoms with E-state index in [0.717, 1.165) is 22.3 Å². The Hall–Kier alpha value is -1.49. The van der Waals surface area contributed by atoms with Crippen LogP contribution in [-0.2, 0) is 22.9 Å². The highest BCUT2D eigenvalue weighted by atomic mass is 35.5. The number of pyridine rings is 1. The third-order valence-electron chi connectivity index (χ3n) is 5.54. The highest BCUT2D eigenvalue weighted by molar-refractivity contribution is 6.42. The molecule has 0 radical (unpaired) electrons. The maximum Gasteiger partial charge on any atom is 0.142 e. The second kappa shape index (κ2) is 13.5. The van der Waals surface area contributed by atoms with Gasteiger partial charge in [-0.15, -0.1) is 0 Å². The molecule has 3 nitrogen and oxygen atoms in total. The molecular weight excluding hydrogens is 546 g/mol. The first kappa shape index (κ1) is 33.5. The Bertz CT molecular complexity index is 1110. The third kappa shape index (κ3) is 9.96. The Balaban J connectivity index is 0.000000278. The molecule has 0 saturated heterocycles. The van der Waals surface area contributed by atoms with Gasteiger partial charge in [-0.2, -0.15) is 0 Å². The van der Waals surface area contributed by atoms with Crippen LogP contribution in [0.15, 0.2) is 48.7 Å². The number of rotatable bonds is 1. The molecule has 0 saturated carbocycles. The van der Waals surface area contributed by atoms with Gasteiger partial charge >= 0.3 is 0 Å². The summed E-state index contributed by atoms with van der Waals surface area (Å²) in [5.74, 6) is 0.407. The van der Waals surface area contributed by atoms with E-state index in [2.05, 4.69) is 67.3 Å². The number of aliphatic hydroxyl groups is 1. The van der Waals surface area contributed by atoms with Crippen molar-refractivity contribution in [1.82, 2.24) is 4.98 Å². The number of nitrogens with two attached hydrogens (primary N) is 1. The molecule has 0 bridgehead atoms. The van der Waals surface area contributed by atoms with E-state index in [1.807, 2.05) is 36.4 Å². The van der Waals surface area contributed by atoms with E-state index in [0.29, 0.717) is 25.9 Å². The molecule has 3 N–H and O–H groups in total. The molecule has 0 aliphatic heterocycles. The summed E-state index contributed by atoms with van der Waals surface area (Å²) in [4.78, 5) is 3.90. The zero-order valence-corrected chi connectivity index (χ0v) is 26.3. The highest BCUT2D eigenvalue weighted by Gasteiger charge is 2.20. The zero-order valence-electron chi connectivity index (χ0n) is 23.3. The van der Waals surface area contributed by atoms with Gasteiger partial charge in [0.25, 0.3) is 0 Å². The van der Waals surface area contributed by atoms with Crippen LogP contribution in [0.1, 0.15) is 84.6 Å². The molecule has 0 fully saturated rings. The van der Waals surface area contributed by atoms with E-state index in [4.69, 9.17) is 57.2 Å². The van der Waals surface area contributed by atoms with Gasteiger partial charge in [0, 0.05) is 11.2 Å². The fraction of sp³-hybridized carbons (Fsp3) is 0.433. The van der Waals surface area contributed by atoms with Gasteiger partial charge in [0.1, 0.15) is 5.82 Å². The van der Waals surface area contributed by atoms with Crippen molar-refractivity contribution in [3.8, 4) is 0 Å². The Morgan fingerprint density at radius 3 is 1.49 bits per heavy atom. The summed E-state index contributed by atoms with van der Waals surface area (Å²) in [5, 5.41) is 11.6. The summed E-state index contributed by atoms with van der Waals surface area (Å²) in [5.41, 5.74) is 9.70. The van der Waals surface area contributed by atoms with Crippen molar-refractivity contribution >= 4 is 52.2 Å². The van der Waals surface area contributed by atoms with Gasteiger partial charge in [-0.25, -0.2) is 4.98 Å². The lowest BCUT2D eigenvalue weighted by Crippen LogP contribution is -2.13. The molecule has 0 aliphatic carbocycles. The van der Waals surface area contributed by atoms with Crippen LogP contribution >= 0.6 is 46.4 Å². The number of hydrogen-bond donors (Lipinski definition) is 2. The van der Waals surface area contributed by atoms with Crippen molar-refractivity contribution in [1.29, 1.82) is 0 Å². The molecule has 0 atom stereocenters. The quantitative estimate of drug-likeness (QED) is 0.298. The van der Waals surface area contributed by atoms with E-state index in [1.54, 1.807) is 12.3 Å². The minimum atomic E-state index is 0.00273. The number of nitrogens with zero attached hydrogens (tertiary/aromatic N) is 1. The fourth-order valence-electron chi connectivity index (χ4n) is 3.40. The van der Waals surface area contributed by atoms with Gasteiger partial charge in [-0.1, -0.05) is 139 Å². The van der Waals surface area contributed by atoms with Crippen LogP contribution in [0.4, 0.5) is 5.82 Å². The van der Waals surface area contributed by atoms with Crippen molar-refractivity contribution in [3.63, 3.8) is 0 Å². The second-order valence-corrected chi connectivity index (χ2v) is 13.4. The lowest BCUT2D eigenvalue weighted by molar-refractivity contribution is 0.281. The fourth-order valence-corrected chi connectivity index (χ4v) is 4.85. The molecule has 2 aromatic carbocycles. The van der Waals surface area contributed by atoms with E-state index in [9.17, 15) is 0 Å². The van der Waals surface area contributed by atoms with Crippen molar-refractivity contribution in [3.05, 3.63) is 91.0 Å². The van der Waals surface area contributed by atoms with Crippen LogP contribution in [-0.4, -0.2) is 10.1 Å². The maximum atomic E-state index is 9.02. The summed E-state index contributed by atoms with van der Waals surface area (Å²) < 4.78 is 0. The number of anilines is 1. The van der Waals surface area contributed by atoms with Crippen molar-refractivity contribution in [2.75, 3.05) is 5.73 Å². The molecule has 0 amide bonds. The first-order chi connectivity index (χ1) is 16.8. The number of hydrogen-bond acceptors (Lipinski definition) is 3. The third-order valence-corrected chi connectivity index (χ3v) is 7.20. The Morgan fingerprint density at radius 2 is 1.08 bits per heavy atom. The summed E-state index contributed by atoms with van der Waals surface area (Å²) >= 11 is 24.1. The normalized spacial score (nSPS) is 11.7. The first-order valence-corrected chi connectivity index (χ1v) is 13.6. The molecule has 1 heterocycles. The van der Waals surface area contributed by atoms with Gasteiger partial charge in [0.15, 0.2) is 0 Å². The highest BCUT2D eigenvalue weighted by Crippen LogP contribution is 2.34. The van der Waals surface area contributed by atoms with Crippen LogP contribution in [0, 0.1) is 0 Å². The minimum absolute atomic E-state index is 0.00273. The largest absolute Gasteiger partial charge is 0.392 e. The maximum absolute atomic E-state index is 9.02. The number of aliphatic hydroxyl groups excluding tert-OH is 1. The van der Waals surface area contributed by atoms with Crippen LogP contribution in [0.3, 0.4) is 0 Å². The Kier molecular flexibility index (Phi) is 12.3. The topological polar surface area (TPSA) is 59.1 Å². The zero-order chi connectivity index (χ0) is 28.8. The van der Waals surface area contributed by atoms with E-state index < -0.39 is 0 Å². The van der Waals surface area contributed by atoms with Crippen LogP contribution in [0.25, 0.3) is 0 Å². The number of halogens is 4. The minimum Gasteiger partial charge on any atom is -0.392 e. The number of aromatic nitrogens is 1. The summed E-state index contributed by atoms with van der Waals surface area (Å²) in [6.07, 6.45) is 1.68. The second-order valence-electron chi connectivity index (χ2n) is 11.8. The van der Waals surface area contributed by atoms with Gasteiger partial charge in [0.05, 0.1) is 21.7 Å². The molecule has 0 spiro atoms. The van der Waals surface area contributed by atoms with Crippen LogP contribution in [0.2, 0.25) is 20.1 Å². The van der Waals surface area contributed by atoms with Crippen molar-refractivity contribution < 1.29 is 5.11 Å². The first-order valence-electron chi connectivity index (χ1n) is 12.1. The predicted molar refractivity (Wildman–Crippen MR) is 164 cm³/mol. The summed E-state index contributed by atoms with van der Waals surface area (Å²) in [6.45, 7) is 18.9. The lowest BCUT2D eigenvalue weighted by Gasteiger charge is -2.21. The lowest BCUT2D eigenvalue weighted by atomic mass is 9.86. The Labute approximate surface area is 243 Å². The number of nitrogen functional groups attached to an aromatic ring is 1. The molecule has 0 aliphatic rings. The van der Waals surface area contributed by atoms with Gasteiger partial charge < -0.3 is 10.8 Å².